The molecule has 0 radical (unpaired) electrons. The Morgan fingerprint density at radius 3 is 2.67 bits per heavy atom. The number of nitrogens with one attached hydrogen (secondary N) is 1. The van der Waals surface area contributed by atoms with Crippen LogP contribution in [0.2, 0.25) is 0 Å². The molecule has 0 bridgehead atoms. The predicted octanol–water partition coefficient (Wildman–Crippen LogP) is 2.85. The molecular weight excluding hydrogens is 268 g/mol. The summed E-state index contributed by atoms with van der Waals surface area (Å²) in [5.74, 6) is -0.0780. The zero-order chi connectivity index (χ0) is 15.5. The van der Waals surface area contributed by atoms with Crippen LogP contribution in [-0.2, 0) is 4.79 Å². The molecule has 3 atom stereocenters. The van der Waals surface area contributed by atoms with E-state index in [0.29, 0.717) is 6.42 Å². The SMILES string of the molecule is CCC1CCCN(C(=O)NC2CCCC2(C)C(=O)O)CC1. The third kappa shape index (κ3) is 3.50. The lowest BCUT2D eigenvalue weighted by Gasteiger charge is -2.30. The minimum Gasteiger partial charge on any atom is -0.481 e. The van der Waals surface area contributed by atoms with Gasteiger partial charge in [-0.05, 0) is 44.9 Å². The molecule has 1 heterocycles. The van der Waals surface area contributed by atoms with E-state index in [1.165, 1.54) is 12.8 Å². The smallest absolute Gasteiger partial charge is 0.317 e. The summed E-state index contributed by atoms with van der Waals surface area (Å²) < 4.78 is 0. The lowest BCUT2D eigenvalue weighted by atomic mass is 9.85. The summed E-state index contributed by atoms with van der Waals surface area (Å²) in [7, 11) is 0. The number of carboxylic acids is 1. The molecule has 0 spiro atoms. The molecule has 5 nitrogen and oxygen atoms in total. The van der Waals surface area contributed by atoms with Crippen LogP contribution >= 0.6 is 0 Å². The monoisotopic (exact) mass is 296 g/mol. The van der Waals surface area contributed by atoms with E-state index < -0.39 is 11.4 Å². The van der Waals surface area contributed by atoms with Crippen LogP contribution in [-0.4, -0.2) is 41.1 Å². The first kappa shape index (κ1) is 16.1. The highest BCUT2D eigenvalue weighted by Gasteiger charge is 2.46. The van der Waals surface area contributed by atoms with Crippen molar-refractivity contribution in [3.05, 3.63) is 0 Å². The maximum atomic E-state index is 12.4. The van der Waals surface area contributed by atoms with Gasteiger partial charge in [0, 0.05) is 19.1 Å². The number of nitrogens with zero attached hydrogens (tertiary/aromatic N) is 1. The second-order valence-electron chi connectivity index (χ2n) is 6.81. The van der Waals surface area contributed by atoms with E-state index in [9.17, 15) is 14.7 Å². The largest absolute Gasteiger partial charge is 0.481 e. The molecule has 2 aliphatic rings. The van der Waals surface area contributed by atoms with Gasteiger partial charge in [-0.1, -0.05) is 19.8 Å². The molecule has 21 heavy (non-hydrogen) atoms. The van der Waals surface area contributed by atoms with E-state index in [2.05, 4.69) is 12.2 Å². The first-order valence-corrected chi connectivity index (χ1v) is 8.26. The predicted molar refractivity (Wildman–Crippen MR) is 81.1 cm³/mol. The van der Waals surface area contributed by atoms with Crippen LogP contribution in [0.25, 0.3) is 0 Å². The van der Waals surface area contributed by atoms with Gasteiger partial charge in [-0.15, -0.1) is 0 Å². The van der Waals surface area contributed by atoms with E-state index in [1.54, 1.807) is 6.92 Å². The quantitative estimate of drug-likeness (QED) is 0.841. The number of carbonyl (C=O) groups excluding carboxylic acids is 1. The molecule has 120 valence electrons. The topological polar surface area (TPSA) is 69.6 Å². The minimum atomic E-state index is -0.812. The van der Waals surface area contributed by atoms with E-state index in [4.69, 9.17) is 0 Å². The minimum absolute atomic E-state index is 0.0777. The molecule has 1 aliphatic carbocycles. The van der Waals surface area contributed by atoms with Gasteiger partial charge in [-0.2, -0.15) is 0 Å². The number of hydrogen-bond donors (Lipinski definition) is 2. The number of likely N-dealkylation sites (tertiary alicyclic amines) is 1. The average molecular weight is 296 g/mol. The number of amides is 2. The molecule has 3 unspecified atom stereocenters. The normalized spacial score (nSPS) is 33.5. The Hall–Kier alpha value is -1.26. The molecule has 1 saturated carbocycles. The Labute approximate surface area is 127 Å². The highest BCUT2D eigenvalue weighted by molar-refractivity contribution is 5.79. The standard InChI is InChI=1S/C16H28N2O3/c1-3-12-6-5-10-18(11-8-12)15(21)17-13-7-4-9-16(13,2)14(19)20/h12-13H,3-11H2,1-2H3,(H,17,21)(H,19,20). The van der Waals surface area contributed by atoms with Gasteiger partial charge < -0.3 is 15.3 Å². The Morgan fingerprint density at radius 2 is 2.00 bits per heavy atom. The Kier molecular flexibility index (Phi) is 5.12. The van der Waals surface area contributed by atoms with Crippen molar-refractivity contribution in [2.24, 2.45) is 11.3 Å². The molecule has 2 amide bonds. The summed E-state index contributed by atoms with van der Waals surface area (Å²) in [4.78, 5) is 25.8. The molecular formula is C16H28N2O3. The fraction of sp³-hybridized carbons (Fsp3) is 0.875. The van der Waals surface area contributed by atoms with E-state index in [-0.39, 0.29) is 12.1 Å². The number of hydrogen-bond acceptors (Lipinski definition) is 2. The first-order valence-electron chi connectivity index (χ1n) is 8.26. The molecule has 2 rings (SSSR count). The van der Waals surface area contributed by atoms with Crippen LogP contribution < -0.4 is 5.32 Å². The first-order chi connectivity index (χ1) is 9.97. The van der Waals surface area contributed by atoms with Crippen LogP contribution in [0.5, 0.6) is 0 Å². The van der Waals surface area contributed by atoms with Gasteiger partial charge in [0.05, 0.1) is 5.41 Å². The molecule has 2 N–H and O–H groups in total. The molecule has 1 aliphatic heterocycles. The second kappa shape index (κ2) is 6.67. The highest BCUT2D eigenvalue weighted by Crippen LogP contribution is 2.38. The van der Waals surface area contributed by atoms with E-state index in [0.717, 1.165) is 44.7 Å². The van der Waals surface area contributed by atoms with Gasteiger partial charge in [0.25, 0.3) is 0 Å². The third-order valence-electron chi connectivity index (χ3n) is 5.46. The average Bonchev–Trinajstić information content (AvgIpc) is 2.69. The zero-order valence-electron chi connectivity index (χ0n) is 13.2. The molecule has 0 aromatic carbocycles. The van der Waals surface area contributed by atoms with Crippen molar-refractivity contribution in [3.63, 3.8) is 0 Å². The molecule has 1 saturated heterocycles. The Bertz CT molecular complexity index is 399. The molecule has 5 heteroatoms. The summed E-state index contributed by atoms with van der Waals surface area (Å²) in [5.41, 5.74) is -0.812. The third-order valence-corrected chi connectivity index (χ3v) is 5.46. The van der Waals surface area contributed by atoms with Crippen LogP contribution in [0.1, 0.15) is 58.8 Å². The van der Waals surface area contributed by atoms with Crippen molar-refractivity contribution in [2.75, 3.05) is 13.1 Å². The van der Waals surface area contributed by atoms with Gasteiger partial charge in [-0.3, -0.25) is 4.79 Å². The van der Waals surface area contributed by atoms with E-state index in [1.807, 2.05) is 4.90 Å². The Balaban J connectivity index is 1.93. The van der Waals surface area contributed by atoms with E-state index >= 15 is 0 Å². The highest BCUT2D eigenvalue weighted by atomic mass is 16.4. The lowest BCUT2D eigenvalue weighted by molar-refractivity contribution is -0.148. The van der Waals surface area contributed by atoms with Crippen LogP contribution in [0.15, 0.2) is 0 Å². The number of carbonyl (C=O) groups is 2. The van der Waals surface area contributed by atoms with Crippen LogP contribution in [0.3, 0.4) is 0 Å². The fourth-order valence-electron chi connectivity index (χ4n) is 3.67. The zero-order valence-corrected chi connectivity index (χ0v) is 13.2. The van der Waals surface area contributed by atoms with Crippen molar-refractivity contribution in [2.45, 2.75) is 64.8 Å². The van der Waals surface area contributed by atoms with Crippen molar-refractivity contribution in [1.82, 2.24) is 10.2 Å². The number of rotatable bonds is 3. The van der Waals surface area contributed by atoms with Crippen molar-refractivity contribution >= 4 is 12.0 Å². The number of aliphatic carboxylic acids is 1. The summed E-state index contributed by atoms with van der Waals surface area (Å²) in [6.45, 7) is 5.54. The van der Waals surface area contributed by atoms with Gasteiger partial charge in [0.2, 0.25) is 0 Å². The second-order valence-corrected chi connectivity index (χ2v) is 6.81. The molecule has 0 aromatic rings. The van der Waals surface area contributed by atoms with Gasteiger partial charge >= 0.3 is 12.0 Å². The fourth-order valence-corrected chi connectivity index (χ4v) is 3.67. The summed E-state index contributed by atoms with van der Waals surface area (Å²) in [6, 6.07) is -0.321. The maximum absolute atomic E-state index is 12.4. The summed E-state index contributed by atoms with van der Waals surface area (Å²) >= 11 is 0. The van der Waals surface area contributed by atoms with Crippen LogP contribution in [0, 0.1) is 11.3 Å². The molecule has 0 aromatic heterocycles. The number of urea groups is 1. The van der Waals surface area contributed by atoms with Crippen molar-refractivity contribution < 1.29 is 14.7 Å². The Morgan fingerprint density at radius 1 is 1.24 bits per heavy atom. The summed E-state index contributed by atoms with van der Waals surface area (Å²) in [6.07, 6.45) is 6.75. The van der Waals surface area contributed by atoms with Crippen molar-refractivity contribution in [1.29, 1.82) is 0 Å². The summed E-state index contributed by atoms with van der Waals surface area (Å²) in [5, 5.41) is 12.4. The molecule has 2 fully saturated rings. The lowest BCUT2D eigenvalue weighted by Crippen LogP contribution is -2.51. The van der Waals surface area contributed by atoms with Gasteiger partial charge in [-0.25, -0.2) is 4.79 Å². The van der Waals surface area contributed by atoms with Gasteiger partial charge in [0.1, 0.15) is 0 Å². The van der Waals surface area contributed by atoms with Gasteiger partial charge in [0.15, 0.2) is 0 Å². The maximum Gasteiger partial charge on any atom is 0.317 e. The van der Waals surface area contributed by atoms with Crippen LogP contribution in [0.4, 0.5) is 4.79 Å². The number of carboxylic acid groups (broad SMARTS) is 1. The van der Waals surface area contributed by atoms with Crippen molar-refractivity contribution in [3.8, 4) is 0 Å².